The second kappa shape index (κ2) is 5.10. The first-order valence-electron chi connectivity index (χ1n) is 6.86. The average Bonchev–Trinajstić information content (AvgIpc) is 2.88. The summed E-state index contributed by atoms with van der Waals surface area (Å²) in [6.07, 6.45) is 5.07. The molecular weight excluding hydrogens is 238 g/mol. The zero-order valence-corrected chi connectivity index (χ0v) is 11.1. The van der Waals surface area contributed by atoms with Gasteiger partial charge in [0.15, 0.2) is 0 Å². The minimum absolute atomic E-state index is 0.118. The number of hydrogen-bond donors (Lipinski definition) is 2. The molecule has 0 fully saturated rings. The lowest BCUT2D eigenvalue weighted by Gasteiger charge is -2.27. The van der Waals surface area contributed by atoms with Crippen LogP contribution in [0.4, 0.5) is 0 Å². The Morgan fingerprint density at radius 3 is 3.00 bits per heavy atom. The Labute approximate surface area is 113 Å². The van der Waals surface area contributed by atoms with Crippen LogP contribution in [-0.2, 0) is 6.42 Å². The van der Waals surface area contributed by atoms with E-state index < -0.39 is 0 Å². The lowest BCUT2D eigenvalue weighted by molar-refractivity contribution is 0.378. The van der Waals surface area contributed by atoms with Gasteiger partial charge in [0, 0.05) is 29.6 Å². The Bertz CT molecular complexity index is 561. The molecule has 2 unspecified atom stereocenters. The predicted molar refractivity (Wildman–Crippen MR) is 74.0 cm³/mol. The molecule has 1 aromatic carbocycles. The Morgan fingerprint density at radius 2 is 2.16 bits per heavy atom. The van der Waals surface area contributed by atoms with E-state index in [-0.39, 0.29) is 6.04 Å². The standard InChI is InChI=1S/C16H19NO2/c1-11(12-5-2-3-7-15(12)18)17-14-6-4-8-16-13(14)9-10-19-16/h2-3,5,7,9-11,14,17-18H,4,6,8H2,1H3. The van der Waals surface area contributed by atoms with E-state index >= 15 is 0 Å². The molecule has 0 bridgehead atoms. The molecule has 3 heteroatoms. The molecule has 0 saturated heterocycles. The summed E-state index contributed by atoms with van der Waals surface area (Å²) in [5.41, 5.74) is 2.21. The minimum Gasteiger partial charge on any atom is -0.508 e. The van der Waals surface area contributed by atoms with Crippen LogP contribution in [0.15, 0.2) is 41.0 Å². The molecule has 3 nitrogen and oxygen atoms in total. The van der Waals surface area contributed by atoms with E-state index in [1.165, 1.54) is 5.56 Å². The molecule has 19 heavy (non-hydrogen) atoms. The van der Waals surface area contributed by atoms with E-state index in [0.717, 1.165) is 30.6 Å². The van der Waals surface area contributed by atoms with Gasteiger partial charge in [-0.1, -0.05) is 18.2 Å². The molecule has 0 aliphatic heterocycles. The normalized spacial score (nSPS) is 19.9. The summed E-state index contributed by atoms with van der Waals surface area (Å²) in [6, 6.07) is 10.00. The third-order valence-corrected chi connectivity index (χ3v) is 3.91. The number of nitrogens with one attached hydrogen (secondary N) is 1. The highest BCUT2D eigenvalue weighted by molar-refractivity contribution is 5.34. The number of aromatic hydroxyl groups is 1. The van der Waals surface area contributed by atoms with E-state index in [9.17, 15) is 5.11 Å². The molecule has 1 aromatic heterocycles. The van der Waals surface area contributed by atoms with E-state index in [1.54, 1.807) is 12.3 Å². The number of aryl methyl sites for hydroxylation is 1. The summed E-state index contributed by atoms with van der Waals surface area (Å²) in [6.45, 7) is 2.09. The van der Waals surface area contributed by atoms with Crippen LogP contribution in [0.1, 0.15) is 48.7 Å². The highest BCUT2D eigenvalue weighted by atomic mass is 16.3. The minimum atomic E-state index is 0.118. The van der Waals surface area contributed by atoms with Gasteiger partial charge in [0.25, 0.3) is 0 Å². The van der Waals surface area contributed by atoms with Gasteiger partial charge in [-0.3, -0.25) is 0 Å². The number of phenols is 1. The van der Waals surface area contributed by atoms with Crippen molar-refractivity contribution in [2.24, 2.45) is 0 Å². The zero-order chi connectivity index (χ0) is 13.2. The van der Waals surface area contributed by atoms with Gasteiger partial charge in [-0.2, -0.15) is 0 Å². The summed E-state index contributed by atoms with van der Waals surface area (Å²) in [5, 5.41) is 13.5. The molecule has 100 valence electrons. The second-order valence-corrected chi connectivity index (χ2v) is 5.19. The van der Waals surface area contributed by atoms with E-state index in [4.69, 9.17) is 4.42 Å². The van der Waals surface area contributed by atoms with Crippen molar-refractivity contribution in [2.45, 2.75) is 38.3 Å². The number of hydrogen-bond acceptors (Lipinski definition) is 3. The highest BCUT2D eigenvalue weighted by Crippen LogP contribution is 2.33. The van der Waals surface area contributed by atoms with Crippen molar-refractivity contribution in [2.75, 3.05) is 0 Å². The van der Waals surface area contributed by atoms with Crippen LogP contribution >= 0.6 is 0 Å². The molecule has 2 N–H and O–H groups in total. The fraction of sp³-hybridized carbons (Fsp3) is 0.375. The molecule has 2 atom stereocenters. The molecule has 0 saturated carbocycles. The van der Waals surface area contributed by atoms with Crippen LogP contribution < -0.4 is 5.32 Å². The van der Waals surface area contributed by atoms with Gasteiger partial charge in [-0.05, 0) is 31.9 Å². The molecule has 1 heterocycles. The van der Waals surface area contributed by atoms with E-state index in [1.807, 2.05) is 18.2 Å². The molecular formula is C16H19NO2. The van der Waals surface area contributed by atoms with Crippen molar-refractivity contribution in [3.8, 4) is 5.75 Å². The number of furan rings is 1. The van der Waals surface area contributed by atoms with Crippen LogP contribution in [0.2, 0.25) is 0 Å². The number of benzene rings is 1. The Balaban J connectivity index is 1.78. The molecule has 1 aliphatic rings. The number of rotatable bonds is 3. The maximum Gasteiger partial charge on any atom is 0.120 e. The smallest absolute Gasteiger partial charge is 0.120 e. The van der Waals surface area contributed by atoms with E-state index in [2.05, 4.69) is 18.3 Å². The maximum absolute atomic E-state index is 9.91. The van der Waals surface area contributed by atoms with Gasteiger partial charge in [0.05, 0.1) is 6.26 Å². The van der Waals surface area contributed by atoms with Gasteiger partial charge in [0.1, 0.15) is 11.5 Å². The molecule has 3 rings (SSSR count). The predicted octanol–water partition coefficient (Wildman–Crippen LogP) is 3.71. The third-order valence-electron chi connectivity index (χ3n) is 3.91. The van der Waals surface area contributed by atoms with Crippen LogP contribution in [0, 0.1) is 0 Å². The summed E-state index contributed by atoms with van der Waals surface area (Å²) in [4.78, 5) is 0. The zero-order valence-electron chi connectivity index (χ0n) is 11.1. The highest BCUT2D eigenvalue weighted by Gasteiger charge is 2.24. The van der Waals surface area contributed by atoms with Gasteiger partial charge >= 0.3 is 0 Å². The first-order chi connectivity index (χ1) is 9.25. The van der Waals surface area contributed by atoms with E-state index in [0.29, 0.717) is 11.8 Å². The van der Waals surface area contributed by atoms with Gasteiger partial charge in [-0.25, -0.2) is 0 Å². The SMILES string of the molecule is CC(NC1CCCc2occc21)c1ccccc1O. The first kappa shape index (κ1) is 12.3. The molecule has 0 radical (unpaired) electrons. The van der Waals surface area contributed by atoms with Crippen molar-refractivity contribution in [1.29, 1.82) is 0 Å². The molecule has 2 aromatic rings. The number of fused-ring (bicyclic) bond motifs is 1. The summed E-state index contributed by atoms with van der Waals surface area (Å²) >= 11 is 0. The van der Waals surface area contributed by atoms with Crippen molar-refractivity contribution in [3.63, 3.8) is 0 Å². The lowest BCUT2D eigenvalue weighted by atomic mass is 9.92. The topological polar surface area (TPSA) is 45.4 Å². The Hall–Kier alpha value is -1.74. The summed E-state index contributed by atoms with van der Waals surface area (Å²) in [7, 11) is 0. The van der Waals surface area contributed by atoms with Gasteiger partial charge < -0.3 is 14.8 Å². The van der Waals surface area contributed by atoms with Crippen LogP contribution in [0.5, 0.6) is 5.75 Å². The third kappa shape index (κ3) is 2.38. The Kier molecular flexibility index (Phi) is 3.30. The quantitative estimate of drug-likeness (QED) is 0.881. The number of para-hydroxylation sites is 1. The fourth-order valence-corrected chi connectivity index (χ4v) is 2.90. The fourth-order valence-electron chi connectivity index (χ4n) is 2.90. The monoisotopic (exact) mass is 257 g/mol. The molecule has 0 amide bonds. The van der Waals surface area contributed by atoms with Crippen LogP contribution in [0.25, 0.3) is 0 Å². The van der Waals surface area contributed by atoms with Gasteiger partial charge in [0.2, 0.25) is 0 Å². The van der Waals surface area contributed by atoms with Crippen molar-refractivity contribution in [3.05, 3.63) is 53.5 Å². The van der Waals surface area contributed by atoms with Crippen molar-refractivity contribution >= 4 is 0 Å². The molecule has 0 spiro atoms. The number of phenolic OH excluding ortho intramolecular Hbond substituents is 1. The maximum atomic E-state index is 9.91. The Morgan fingerprint density at radius 1 is 1.32 bits per heavy atom. The molecule has 1 aliphatic carbocycles. The van der Waals surface area contributed by atoms with Crippen LogP contribution in [-0.4, -0.2) is 5.11 Å². The lowest BCUT2D eigenvalue weighted by Crippen LogP contribution is -2.27. The van der Waals surface area contributed by atoms with Crippen LogP contribution in [0.3, 0.4) is 0 Å². The summed E-state index contributed by atoms with van der Waals surface area (Å²) in [5.74, 6) is 1.46. The summed E-state index contributed by atoms with van der Waals surface area (Å²) < 4.78 is 5.51. The van der Waals surface area contributed by atoms with Crippen molar-refractivity contribution < 1.29 is 9.52 Å². The average molecular weight is 257 g/mol. The van der Waals surface area contributed by atoms with Crippen molar-refractivity contribution in [1.82, 2.24) is 5.32 Å². The first-order valence-corrected chi connectivity index (χ1v) is 6.86. The second-order valence-electron chi connectivity index (χ2n) is 5.19. The van der Waals surface area contributed by atoms with Gasteiger partial charge in [-0.15, -0.1) is 0 Å². The largest absolute Gasteiger partial charge is 0.508 e.